The summed E-state index contributed by atoms with van der Waals surface area (Å²) in [7, 11) is 1.42. The highest BCUT2D eigenvalue weighted by atomic mass is 16.6. The number of methoxy groups -OCH3 is 1. The second-order valence-electron chi connectivity index (χ2n) is 5.69. The molecule has 5 nitrogen and oxygen atoms in total. The molecule has 0 aliphatic heterocycles. The van der Waals surface area contributed by atoms with Crippen LogP contribution in [0, 0.1) is 0 Å². The lowest BCUT2D eigenvalue weighted by Gasteiger charge is -2.12. The van der Waals surface area contributed by atoms with Crippen LogP contribution in [0.25, 0.3) is 0 Å². The second-order valence-corrected chi connectivity index (χ2v) is 5.69. The van der Waals surface area contributed by atoms with Crippen molar-refractivity contribution in [3.63, 3.8) is 0 Å². The molecule has 1 saturated carbocycles. The van der Waals surface area contributed by atoms with Crippen LogP contribution in [-0.2, 0) is 14.3 Å². The predicted molar refractivity (Wildman–Crippen MR) is 81.1 cm³/mol. The number of carbonyl (C=O) groups excluding carboxylic acids is 2. The summed E-state index contributed by atoms with van der Waals surface area (Å²) in [5, 5.41) is 2.81. The molecule has 1 amide bonds. The molecule has 1 aliphatic rings. The largest absolute Gasteiger partial charge is 0.469 e. The van der Waals surface area contributed by atoms with Gasteiger partial charge in [-0.2, -0.15) is 0 Å². The minimum Gasteiger partial charge on any atom is -0.469 e. The molecule has 0 aromatic carbocycles. The third-order valence-electron chi connectivity index (χ3n) is 3.88. The Balaban J connectivity index is 1.81. The van der Waals surface area contributed by atoms with E-state index in [1.807, 2.05) is 0 Å². The normalized spacial score (nSPS) is 14.9. The average molecular weight is 299 g/mol. The van der Waals surface area contributed by atoms with Crippen molar-refractivity contribution >= 4 is 12.1 Å². The van der Waals surface area contributed by atoms with Gasteiger partial charge in [-0.15, -0.1) is 0 Å². The lowest BCUT2D eigenvalue weighted by Crippen LogP contribution is -2.28. The SMILES string of the molecule is COC(=O)CCCCCCCCNC(=O)OC1CCCC1. The van der Waals surface area contributed by atoms with Gasteiger partial charge in [-0.1, -0.05) is 25.7 Å². The number of nitrogens with one attached hydrogen (secondary N) is 1. The Morgan fingerprint density at radius 3 is 2.29 bits per heavy atom. The smallest absolute Gasteiger partial charge is 0.407 e. The van der Waals surface area contributed by atoms with Gasteiger partial charge >= 0.3 is 12.1 Å². The molecule has 1 rings (SSSR count). The van der Waals surface area contributed by atoms with E-state index in [0.717, 1.165) is 51.4 Å². The minimum atomic E-state index is -0.264. The van der Waals surface area contributed by atoms with Crippen molar-refractivity contribution in [2.24, 2.45) is 0 Å². The van der Waals surface area contributed by atoms with E-state index < -0.39 is 0 Å². The highest BCUT2D eigenvalue weighted by Crippen LogP contribution is 2.20. The van der Waals surface area contributed by atoms with Crippen LogP contribution in [0.3, 0.4) is 0 Å². The van der Waals surface area contributed by atoms with E-state index in [-0.39, 0.29) is 18.2 Å². The number of amides is 1. The van der Waals surface area contributed by atoms with Gasteiger partial charge in [0, 0.05) is 13.0 Å². The molecule has 0 saturated heterocycles. The molecule has 0 spiro atoms. The van der Waals surface area contributed by atoms with Crippen molar-refractivity contribution in [2.75, 3.05) is 13.7 Å². The zero-order chi connectivity index (χ0) is 15.3. The lowest BCUT2D eigenvalue weighted by atomic mass is 10.1. The Morgan fingerprint density at radius 1 is 1.00 bits per heavy atom. The Bertz CT molecular complexity index is 301. The fourth-order valence-corrected chi connectivity index (χ4v) is 2.59. The van der Waals surface area contributed by atoms with E-state index >= 15 is 0 Å². The number of ether oxygens (including phenoxy) is 2. The van der Waals surface area contributed by atoms with Gasteiger partial charge in [0.15, 0.2) is 0 Å². The quantitative estimate of drug-likeness (QED) is 0.495. The molecule has 1 aliphatic carbocycles. The van der Waals surface area contributed by atoms with Crippen LogP contribution in [-0.4, -0.2) is 31.8 Å². The number of hydrogen-bond acceptors (Lipinski definition) is 4. The van der Waals surface area contributed by atoms with E-state index in [1.54, 1.807) is 0 Å². The lowest BCUT2D eigenvalue weighted by molar-refractivity contribution is -0.140. The van der Waals surface area contributed by atoms with Crippen molar-refractivity contribution < 1.29 is 19.1 Å². The standard InChI is InChI=1S/C16H29NO4/c1-20-15(18)12-6-4-2-3-5-9-13-17-16(19)21-14-10-7-8-11-14/h14H,2-13H2,1H3,(H,17,19). The summed E-state index contributed by atoms with van der Waals surface area (Å²) in [6.45, 7) is 0.688. The second kappa shape index (κ2) is 11.4. The molecule has 0 radical (unpaired) electrons. The summed E-state index contributed by atoms with van der Waals surface area (Å²) in [5.41, 5.74) is 0. The molecule has 0 bridgehead atoms. The van der Waals surface area contributed by atoms with Gasteiger partial charge in [0.05, 0.1) is 7.11 Å². The molecule has 0 atom stereocenters. The van der Waals surface area contributed by atoms with Crippen molar-refractivity contribution in [1.29, 1.82) is 0 Å². The Morgan fingerprint density at radius 2 is 1.62 bits per heavy atom. The number of esters is 1. The molecule has 0 aromatic heterocycles. The fourth-order valence-electron chi connectivity index (χ4n) is 2.59. The first-order chi connectivity index (χ1) is 10.2. The summed E-state index contributed by atoms with van der Waals surface area (Å²) >= 11 is 0. The molecule has 5 heteroatoms. The highest BCUT2D eigenvalue weighted by Gasteiger charge is 2.18. The number of carbonyl (C=O) groups is 2. The van der Waals surface area contributed by atoms with Gasteiger partial charge in [-0.3, -0.25) is 4.79 Å². The van der Waals surface area contributed by atoms with Gasteiger partial charge in [-0.05, 0) is 38.5 Å². The van der Waals surface area contributed by atoms with E-state index in [9.17, 15) is 9.59 Å². The number of rotatable bonds is 10. The van der Waals surface area contributed by atoms with Crippen LogP contribution >= 0.6 is 0 Å². The molecular formula is C16H29NO4. The zero-order valence-corrected chi connectivity index (χ0v) is 13.2. The summed E-state index contributed by atoms with van der Waals surface area (Å²) in [5.74, 6) is -0.125. The monoisotopic (exact) mass is 299 g/mol. The first-order valence-corrected chi connectivity index (χ1v) is 8.23. The van der Waals surface area contributed by atoms with Gasteiger partial charge in [0.2, 0.25) is 0 Å². The molecule has 0 heterocycles. The van der Waals surface area contributed by atoms with Crippen LogP contribution in [0.15, 0.2) is 0 Å². The van der Waals surface area contributed by atoms with Gasteiger partial charge in [0.1, 0.15) is 6.10 Å². The zero-order valence-electron chi connectivity index (χ0n) is 13.2. The van der Waals surface area contributed by atoms with Crippen molar-refractivity contribution in [1.82, 2.24) is 5.32 Å². The van der Waals surface area contributed by atoms with E-state index in [2.05, 4.69) is 10.1 Å². The molecule has 122 valence electrons. The topological polar surface area (TPSA) is 64.6 Å². The maximum atomic E-state index is 11.5. The number of hydrogen-bond donors (Lipinski definition) is 1. The molecular weight excluding hydrogens is 270 g/mol. The average Bonchev–Trinajstić information content (AvgIpc) is 2.98. The van der Waals surface area contributed by atoms with Crippen LogP contribution in [0.5, 0.6) is 0 Å². The van der Waals surface area contributed by atoms with Crippen LogP contribution < -0.4 is 5.32 Å². The molecule has 1 fully saturated rings. The van der Waals surface area contributed by atoms with Crippen LogP contribution in [0.1, 0.15) is 70.6 Å². The van der Waals surface area contributed by atoms with Crippen molar-refractivity contribution in [3.8, 4) is 0 Å². The fraction of sp³-hybridized carbons (Fsp3) is 0.875. The van der Waals surface area contributed by atoms with Gasteiger partial charge in [-0.25, -0.2) is 4.79 Å². The minimum absolute atomic E-state index is 0.125. The predicted octanol–water partition coefficient (Wildman–Crippen LogP) is 3.56. The van der Waals surface area contributed by atoms with E-state index in [0.29, 0.717) is 13.0 Å². The molecule has 0 unspecified atom stereocenters. The molecule has 0 aromatic rings. The summed E-state index contributed by atoms with van der Waals surface area (Å²) in [6.07, 6.45) is 11.1. The molecule has 21 heavy (non-hydrogen) atoms. The van der Waals surface area contributed by atoms with Crippen LogP contribution in [0.2, 0.25) is 0 Å². The number of alkyl carbamates (subject to hydrolysis) is 1. The summed E-state index contributed by atoms with van der Waals surface area (Å²) in [6, 6.07) is 0. The maximum absolute atomic E-state index is 11.5. The van der Waals surface area contributed by atoms with Gasteiger partial charge < -0.3 is 14.8 Å². The third-order valence-corrected chi connectivity index (χ3v) is 3.88. The summed E-state index contributed by atoms with van der Waals surface area (Å²) in [4.78, 5) is 22.4. The van der Waals surface area contributed by atoms with Crippen molar-refractivity contribution in [2.45, 2.75) is 76.7 Å². The van der Waals surface area contributed by atoms with Crippen LogP contribution in [0.4, 0.5) is 4.79 Å². The Hall–Kier alpha value is -1.26. The Labute approximate surface area is 127 Å². The third kappa shape index (κ3) is 9.32. The summed E-state index contributed by atoms with van der Waals surface area (Å²) < 4.78 is 9.90. The number of unbranched alkanes of at least 4 members (excludes halogenated alkanes) is 5. The Kier molecular flexibility index (Phi) is 9.66. The van der Waals surface area contributed by atoms with E-state index in [4.69, 9.17) is 4.74 Å². The highest BCUT2D eigenvalue weighted by molar-refractivity contribution is 5.69. The first kappa shape index (κ1) is 17.8. The van der Waals surface area contributed by atoms with Crippen molar-refractivity contribution in [3.05, 3.63) is 0 Å². The van der Waals surface area contributed by atoms with E-state index in [1.165, 1.54) is 20.0 Å². The van der Waals surface area contributed by atoms with Gasteiger partial charge in [0.25, 0.3) is 0 Å². The molecule has 1 N–H and O–H groups in total. The maximum Gasteiger partial charge on any atom is 0.407 e. The first-order valence-electron chi connectivity index (χ1n) is 8.23.